The second kappa shape index (κ2) is 2.62. The van der Waals surface area contributed by atoms with Crippen molar-refractivity contribution in [2.45, 2.75) is 6.41 Å². The molecule has 0 fully saturated rings. The van der Waals surface area contributed by atoms with Crippen LogP contribution in [0.4, 0.5) is 5.69 Å². The number of hydrogen-bond donors (Lipinski definition) is 2. The van der Waals surface area contributed by atoms with Gasteiger partial charge in [0.1, 0.15) is 5.75 Å². The van der Waals surface area contributed by atoms with Gasteiger partial charge >= 0.3 is 0 Å². The Morgan fingerprint density at radius 3 is 2.93 bits per heavy atom. The summed E-state index contributed by atoms with van der Waals surface area (Å²) in [6.07, 6.45) is -0.921. The van der Waals surface area contributed by atoms with Gasteiger partial charge in [0.25, 0.3) is 6.41 Å². The van der Waals surface area contributed by atoms with Crippen LogP contribution in [0.15, 0.2) is 36.4 Å². The van der Waals surface area contributed by atoms with E-state index in [0.717, 1.165) is 16.5 Å². The monoisotopic (exact) mass is 187 g/mol. The molecule has 3 rings (SSSR count). The first-order valence-corrected chi connectivity index (χ1v) is 4.47. The van der Waals surface area contributed by atoms with Crippen LogP contribution in [-0.4, -0.2) is 11.5 Å². The van der Waals surface area contributed by atoms with Crippen molar-refractivity contribution >= 4 is 16.5 Å². The highest BCUT2D eigenvalue weighted by Crippen LogP contribution is 2.37. The summed E-state index contributed by atoms with van der Waals surface area (Å²) >= 11 is 0. The predicted octanol–water partition coefficient (Wildman–Crippen LogP) is 1.92. The zero-order valence-corrected chi connectivity index (χ0v) is 7.40. The van der Waals surface area contributed by atoms with Gasteiger partial charge in [0.15, 0.2) is 0 Å². The molecule has 0 saturated heterocycles. The second-order valence-corrected chi connectivity index (χ2v) is 3.27. The number of rotatable bonds is 0. The number of aliphatic hydroxyl groups excluding tert-OH is 1. The highest BCUT2D eigenvalue weighted by Gasteiger charge is 2.20. The summed E-state index contributed by atoms with van der Waals surface area (Å²) in [5.74, 6) is 0.705. The Labute approximate surface area is 80.9 Å². The third kappa shape index (κ3) is 0.961. The quantitative estimate of drug-likeness (QED) is 0.662. The molecule has 0 aromatic heterocycles. The number of nitrogens with one attached hydrogen (secondary N) is 1. The minimum absolute atomic E-state index is 0.705. The molecular formula is C11H9NO2. The Hall–Kier alpha value is -1.74. The molecule has 0 aliphatic carbocycles. The van der Waals surface area contributed by atoms with Crippen LogP contribution in [0.5, 0.6) is 5.75 Å². The van der Waals surface area contributed by atoms with E-state index in [1.807, 2.05) is 36.4 Å². The summed E-state index contributed by atoms with van der Waals surface area (Å²) < 4.78 is 5.16. The van der Waals surface area contributed by atoms with E-state index in [0.29, 0.717) is 5.75 Å². The number of anilines is 1. The Morgan fingerprint density at radius 2 is 2.00 bits per heavy atom. The Balaban J connectivity index is 2.33. The molecule has 2 aromatic rings. The lowest BCUT2D eigenvalue weighted by Crippen LogP contribution is -2.18. The summed E-state index contributed by atoms with van der Waals surface area (Å²) in [5, 5.41) is 14.4. The lowest BCUT2D eigenvalue weighted by atomic mass is 10.1. The maximum Gasteiger partial charge on any atom is 0.279 e. The van der Waals surface area contributed by atoms with Crippen LogP contribution < -0.4 is 10.1 Å². The van der Waals surface area contributed by atoms with Crippen LogP contribution >= 0.6 is 0 Å². The fraction of sp³-hybridized carbons (Fsp3) is 0.0909. The Morgan fingerprint density at radius 1 is 1.14 bits per heavy atom. The first-order valence-electron chi connectivity index (χ1n) is 4.47. The SMILES string of the molecule is OC1Nc2c(ccc3ccccc23)O1. The number of benzene rings is 2. The molecule has 2 aromatic carbocycles. The van der Waals surface area contributed by atoms with Crippen molar-refractivity contribution < 1.29 is 9.84 Å². The van der Waals surface area contributed by atoms with Gasteiger partial charge in [0.2, 0.25) is 0 Å². The van der Waals surface area contributed by atoms with Crippen LogP contribution in [0.3, 0.4) is 0 Å². The van der Waals surface area contributed by atoms with E-state index in [-0.39, 0.29) is 0 Å². The Bertz CT molecular complexity index is 496. The van der Waals surface area contributed by atoms with Gasteiger partial charge in [-0.2, -0.15) is 0 Å². The average molecular weight is 187 g/mol. The largest absolute Gasteiger partial charge is 0.445 e. The minimum atomic E-state index is -0.921. The molecule has 0 spiro atoms. The molecule has 3 nitrogen and oxygen atoms in total. The van der Waals surface area contributed by atoms with E-state index in [2.05, 4.69) is 5.32 Å². The normalized spacial score (nSPS) is 18.8. The molecule has 1 aliphatic heterocycles. The van der Waals surface area contributed by atoms with E-state index in [4.69, 9.17) is 4.74 Å². The van der Waals surface area contributed by atoms with E-state index in [1.165, 1.54) is 0 Å². The molecule has 14 heavy (non-hydrogen) atoms. The summed E-state index contributed by atoms with van der Waals surface area (Å²) in [4.78, 5) is 0. The van der Waals surface area contributed by atoms with Crippen molar-refractivity contribution in [2.75, 3.05) is 5.32 Å². The van der Waals surface area contributed by atoms with E-state index >= 15 is 0 Å². The molecule has 1 aliphatic rings. The lowest BCUT2D eigenvalue weighted by molar-refractivity contribution is 0.0211. The molecule has 70 valence electrons. The van der Waals surface area contributed by atoms with Crippen molar-refractivity contribution in [2.24, 2.45) is 0 Å². The molecule has 0 bridgehead atoms. The van der Waals surface area contributed by atoms with Crippen LogP contribution in [0, 0.1) is 0 Å². The summed E-state index contributed by atoms with van der Waals surface area (Å²) in [7, 11) is 0. The fourth-order valence-corrected chi connectivity index (χ4v) is 1.77. The summed E-state index contributed by atoms with van der Waals surface area (Å²) in [6.45, 7) is 0. The molecule has 0 radical (unpaired) electrons. The topological polar surface area (TPSA) is 41.5 Å². The van der Waals surface area contributed by atoms with Gasteiger partial charge in [-0.15, -0.1) is 0 Å². The average Bonchev–Trinajstić information content (AvgIpc) is 2.59. The fourth-order valence-electron chi connectivity index (χ4n) is 1.77. The molecule has 2 N–H and O–H groups in total. The predicted molar refractivity (Wildman–Crippen MR) is 54.2 cm³/mol. The molecule has 1 heterocycles. The molecule has 0 amide bonds. The van der Waals surface area contributed by atoms with E-state index in [9.17, 15) is 5.11 Å². The van der Waals surface area contributed by atoms with Gasteiger partial charge in [-0.3, -0.25) is 0 Å². The van der Waals surface area contributed by atoms with Gasteiger partial charge in [0.05, 0.1) is 5.69 Å². The van der Waals surface area contributed by atoms with Crippen molar-refractivity contribution in [3.63, 3.8) is 0 Å². The van der Waals surface area contributed by atoms with Crippen LogP contribution in [0.25, 0.3) is 10.8 Å². The van der Waals surface area contributed by atoms with E-state index in [1.54, 1.807) is 0 Å². The van der Waals surface area contributed by atoms with Crippen molar-refractivity contribution in [1.82, 2.24) is 0 Å². The van der Waals surface area contributed by atoms with Gasteiger partial charge in [-0.25, -0.2) is 0 Å². The summed E-state index contributed by atoms with van der Waals surface area (Å²) in [5.41, 5.74) is 0.871. The third-order valence-corrected chi connectivity index (χ3v) is 2.40. The highest BCUT2D eigenvalue weighted by atomic mass is 16.6. The van der Waals surface area contributed by atoms with Crippen molar-refractivity contribution in [3.8, 4) is 5.75 Å². The van der Waals surface area contributed by atoms with Gasteiger partial charge in [-0.05, 0) is 11.5 Å². The van der Waals surface area contributed by atoms with Gasteiger partial charge in [-0.1, -0.05) is 30.3 Å². The minimum Gasteiger partial charge on any atom is -0.445 e. The molecule has 0 saturated carbocycles. The number of aliphatic hydroxyl groups is 1. The molecule has 1 atom stereocenters. The van der Waals surface area contributed by atoms with Crippen molar-refractivity contribution in [3.05, 3.63) is 36.4 Å². The zero-order valence-electron chi connectivity index (χ0n) is 7.40. The maximum atomic E-state index is 9.28. The molecule has 1 unspecified atom stereocenters. The second-order valence-electron chi connectivity index (χ2n) is 3.27. The highest BCUT2D eigenvalue weighted by molar-refractivity contribution is 5.97. The first-order chi connectivity index (χ1) is 6.84. The van der Waals surface area contributed by atoms with Gasteiger partial charge in [0, 0.05) is 5.39 Å². The zero-order chi connectivity index (χ0) is 9.54. The van der Waals surface area contributed by atoms with Crippen molar-refractivity contribution in [1.29, 1.82) is 0 Å². The third-order valence-electron chi connectivity index (χ3n) is 2.40. The first kappa shape index (κ1) is 7.64. The number of hydrogen-bond acceptors (Lipinski definition) is 3. The standard InChI is InChI=1S/C11H9NO2/c13-11-12-10-8-4-2-1-3-7(8)5-6-9(10)14-11/h1-6,11-13H. The molecular weight excluding hydrogens is 178 g/mol. The smallest absolute Gasteiger partial charge is 0.279 e. The van der Waals surface area contributed by atoms with Crippen LogP contribution in [0.2, 0.25) is 0 Å². The summed E-state index contributed by atoms with van der Waals surface area (Å²) in [6, 6.07) is 11.8. The number of fused-ring (bicyclic) bond motifs is 3. The van der Waals surface area contributed by atoms with Gasteiger partial charge < -0.3 is 15.2 Å². The Kier molecular flexibility index (Phi) is 1.43. The number of ether oxygens (including phenoxy) is 1. The van der Waals surface area contributed by atoms with E-state index < -0.39 is 6.41 Å². The lowest BCUT2D eigenvalue weighted by Gasteiger charge is -2.02. The van der Waals surface area contributed by atoms with Crippen LogP contribution in [0.1, 0.15) is 0 Å². The maximum absolute atomic E-state index is 9.28. The molecule has 3 heteroatoms. The van der Waals surface area contributed by atoms with Crippen LogP contribution in [-0.2, 0) is 0 Å².